The number of para-hydroxylation sites is 1. The van der Waals surface area contributed by atoms with Crippen molar-refractivity contribution in [3.05, 3.63) is 37.5 Å². The minimum Gasteiger partial charge on any atom is -0.257 e. The van der Waals surface area contributed by atoms with Crippen molar-refractivity contribution in [3.8, 4) is 0 Å². The van der Waals surface area contributed by atoms with Crippen LogP contribution in [0.4, 0.5) is 0 Å². The van der Waals surface area contributed by atoms with Crippen LogP contribution in [0.2, 0.25) is 0 Å². The van der Waals surface area contributed by atoms with Crippen LogP contribution in [-0.4, -0.2) is 9.78 Å². The molecular weight excluding hydrogens is 124 g/mol. The van der Waals surface area contributed by atoms with Crippen molar-refractivity contribution in [2.75, 3.05) is 0 Å². The lowest BCUT2D eigenvalue weighted by Crippen LogP contribution is -1.84. The van der Waals surface area contributed by atoms with Gasteiger partial charge in [0.2, 0.25) is 0 Å². The summed E-state index contributed by atoms with van der Waals surface area (Å²) in [6.45, 7) is 0. The fraction of sp³-hybridized carbons (Fsp3) is 0. The van der Waals surface area contributed by atoms with Crippen LogP contribution < -0.4 is 0 Å². The van der Waals surface area contributed by atoms with Gasteiger partial charge in [0.25, 0.3) is 0 Å². The second-order valence-electron chi connectivity index (χ2n) is 2.15. The Kier molecular flexibility index (Phi) is 1.01. The zero-order valence-electron chi connectivity index (χ0n) is 5.36. The molecule has 1 heterocycles. The molecule has 0 spiro atoms. The van der Waals surface area contributed by atoms with Gasteiger partial charge < -0.3 is 0 Å². The van der Waals surface area contributed by atoms with E-state index in [0.717, 1.165) is 10.9 Å². The Balaban J connectivity index is 2.93. The van der Waals surface area contributed by atoms with Crippen LogP contribution in [0.15, 0.2) is 30.5 Å². The fourth-order valence-corrected chi connectivity index (χ4v) is 0.992. The molecule has 0 atom stereocenters. The molecule has 0 saturated carbocycles. The van der Waals surface area contributed by atoms with Gasteiger partial charge in [0.05, 0.1) is 11.7 Å². The minimum atomic E-state index is 0.961. The third-order valence-corrected chi connectivity index (χ3v) is 1.50. The van der Waals surface area contributed by atoms with Gasteiger partial charge in [-0.25, -0.2) is 0 Å². The molecule has 0 aliphatic rings. The van der Waals surface area contributed by atoms with Crippen LogP contribution in [0.25, 0.3) is 10.9 Å². The summed E-state index contributed by atoms with van der Waals surface area (Å²) in [5, 5.41) is 4.96. The Bertz CT molecular complexity index is 349. The van der Waals surface area contributed by atoms with Crippen LogP contribution in [0.5, 0.6) is 0 Å². The van der Waals surface area contributed by atoms with E-state index in [1.54, 1.807) is 6.20 Å². The van der Waals surface area contributed by atoms with E-state index in [4.69, 9.17) is 7.05 Å². The molecule has 0 fully saturated rings. The van der Waals surface area contributed by atoms with Crippen molar-refractivity contribution in [1.29, 1.82) is 0 Å². The summed E-state index contributed by atoms with van der Waals surface area (Å²) < 4.78 is 1.37. The zero-order chi connectivity index (χ0) is 6.97. The van der Waals surface area contributed by atoms with Gasteiger partial charge in [0, 0.05) is 5.39 Å². The van der Waals surface area contributed by atoms with Gasteiger partial charge in [0.15, 0.2) is 0 Å². The predicted octanol–water partition coefficient (Wildman–Crippen LogP) is 1.55. The number of benzene rings is 1. The highest BCUT2D eigenvalue weighted by Gasteiger charge is 1.94. The molecule has 0 bridgehead atoms. The smallest absolute Gasteiger partial charge is 0.102 e. The molecule has 10 heavy (non-hydrogen) atoms. The molecule has 2 rings (SSSR count). The summed E-state index contributed by atoms with van der Waals surface area (Å²) in [5.41, 5.74) is 0.961. The molecule has 0 saturated heterocycles. The van der Waals surface area contributed by atoms with Gasteiger partial charge >= 0.3 is 0 Å². The summed E-state index contributed by atoms with van der Waals surface area (Å²) in [5.74, 6) is 0. The highest BCUT2D eigenvalue weighted by Crippen LogP contribution is 2.10. The average molecular weight is 130 g/mol. The third-order valence-electron chi connectivity index (χ3n) is 1.50. The molecule has 2 nitrogen and oxygen atoms in total. The Morgan fingerprint density at radius 1 is 1.30 bits per heavy atom. The largest absolute Gasteiger partial charge is 0.257 e. The molecule has 2 aromatic rings. The van der Waals surface area contributed by atoms with E-state index in [9.17, 15) is 0 Å². The fourth-order valence-electron chi connectivity index (χ4n) is 0.992. The van der Waals surface area contributed by atoms with Gasteiger partial charge in [-0.1, -0.05) is 18.2 Å². The van der Waals surface area contributed by atoms with Crippen molar-refractivity contribution in [1.82, 2.24) is 9.78 Å². The third kappa shape index (κ3) is 0.620. The number of hydrogen-bond donors (Lipinski definition) is 0. The second-order valence-corrected chi connectivity index (χ2v) is 2.15. The lowest BCUT2D eigenvalue weighted by atomic mass is 10.3. The summed E-state index contributed by atoms with van der Waals surface area (Å²) >= 11 is 0. The highest BCUT2D eigenvalue weighted by atomic mass is 15.2. The Morgan fingerprint density at radius 2 is 2.10 bits per heavy atom. The Hall–Kier alpha value is -1.31. The second kappa shape index (κ2) is 1.84. The van der Waals surface area contributed by atoms with Crippen LogP contribution in [0, 0.1) is 7.05 Å². The first-order chi connectivity index (χ1) is 4.88. The summed E-state index contributed by atoms with van der Waals surface area (Å²) in [6, 6.07) is 7.81. The molecule has 0 N–H and O–H groups in total. The number of nitrogens with zero attached hydrogens (tertiary/aromatic N) is 2. The van der Waals surface area contributed by atoms with E-state index in [-0.39, 0.29) is 0 Å². The molecule has 0 aliphatic carbocycles. The van der Waals surface area contributed by atoms with Gasteiger partial charge in [-0.3, -0.25) is 4.68 Å². The van der Waals surface area contributed by atoms with E-state index >= 15 is 0 Å². The van der Waals surface area contributed by atoms with Crippen molar-refractivity contribution in [2.45, 2.75) is 0 Å². The van der Waals surface area contributed by atoms with Gasteiger partial charge in [-0.15, -0.1) is 0 Å². The van der Waals surface area contributed by atoms with E-state index in [1.165, 1.54) is 4.68 Å². The molecule has 48 valence electrons. The van der Waals surface area contributed by atoms with Crippen LogP contribution >= 0.6 is 0 Å². The molecule has 2 radical (unpaired) electrons. The lowest BCUT2D eigenvalue weighted by Gasteiger charge is -1.89. The van der Waals surface area contributed by atoms with Gasteiger partial charge in [-0.2, -0.15) is 5.10 Å². The first kappa shape index (κ1) is 5.47. The first-order valence-electron chi connectivity index (χ1n) is 3.06. The highest BCUT2D eigenvalue weighted by molar-refractivity contribution is 5.78. The van der Waals surface area contributed by atoms with Crippen LogP contribution in [0.1, 0.15) is 0 Å². The van der Waals surface area contributed by atoms with E-state index in [2.05, 4.69) is 5.10 Å². The van der Waals surface area contributed by atoms with Gasteiger partial charge in [-0.05, 0) is 6.07 Å². The van der Waals surface area contributed by atoms with E-state index in [0.29, 0.717) is 0 Å². The Morgan fingerprint density at radius 3 is 2.90 bits per heavy atom. The van der Waals surface area contributed by atoms with Gasteiger partial charge in [0.1, 0.15) is 7.05 Å². The van der Waals surface area contributed by atoms with Crippen molar-refractivity contribution >= 4 is 10.9 Å². The normalized spacial score (nSPS) is 10.5. The minimum absolute atomic E-state index is 0.961. The zero-order valence-corrected chi connectivity index (χ0v) is 5.36. The number of fused-ring (bicyclic) bond motifs is 1. The molecule has 1 aromatic heterocycles. The monoisotopic (exact) mass is 130 g/mol. The van der Waals surface area contributed by atoms with Crippen molar-refractivity contribution < 1.29 is 0 Å². The number of rotatable bonds is 0. The summed E-state index contributed by atoms with van der Waals surface area (Å²) in [6.07, 6.45) is 1.75. The number of aromatic nitrogens is 2. The van der Waals surface area contributed by atoms with Crippen LogP contribution in [-0.2, 0) is 0 Å². The maximum absolute atomic E-state index is 5.48. The standard InChI is InChI=1S/C8H6N2/c1-10-8-5-3-2-4-7(8)6-9-10/h1-6H. The lowest BCUT2D eigenvalue weighted by molar-refractivity contribution is 0.908. The van der Waals surface area contributed by atoms with Crippen LogP contribution in [0.3, 0.4) is 0 Å². The quantitative estimate of drug-likeness (QED) is 0.529. The maximum Gasteiger partial charge on any atom is 0.102 e. The molecule has 0 aliphatic heterocycles. The average Bonchev–Trinajstić information content (AvgIpc) is 2.34. The molecule has 0 amide bonds. The summed E-state index contributed by atoms with van der Waals surface area (Å²) in [7, 11) is 5.48. The summed E-state index contributed by atoms with van der Waals surface area (Å²) in [4.78, 5) is 0. The maximum atomic E-state index is 5.48. The first-order valence-corrected chi connectivity index (χ1v) is 3.06. The topological polar surface area (TPSA) is 17.8 Å². The van der Waals surface area contributed by atoms with E-state index < -0.39 is 0 Å². The molecule has 0 unspecified atom stereocenters. The van der Waals surface area contributed by atoms with Crippen molar-refractivity contribution in [3.63, 3.8) is 0 Å². The SMILES string of the molecule is [CH]n1ncc2ccccc21. The van der Waals surface area contributed by atoms with Crippen molar-refractivity contribution in [2.24, 2.45) is 0 Å². The Labute approximate surface area is 59.1 Å². The number of hydrogen-bond acceptors (Lipinski definition) is 1. The predicted molar refractivity (Wildman–Crippen MR) is 39.4 cm³/mol. The molecule has 1 aromatic carbocycles. The molecular formula is C8H6N2. The van der Waals surface area contributed by atoms with E-state index in [1.807, 2.05) is 24.3 Å². The molecule has 2 heteroatoms.